The average molecular weight is 331 g/mol. The minimum atomic E-state index is 0.318. The average Bonchev–Trinajstić information content (AvgIpc) is 2.96. The lowest BCUT2D eigenvalue weighted by Crippen LogP contribution is -2.40. The summed E-state index contributed by atoms with van der Waals surface area (Å²) in [6.07, 6.45) is 2.60. The summed E-state index contributed by atoms with van der Waals surface area (Å²) in [5, 5.41) is 7.88. The number of thioether (sulfide) groups is 1. The third-order valence-corrected chi connectivity index (χ3v) is 4.54. The molecule has 20 heavy (non-hydrogen) atoms. The van der Waals surface area contributed by atoms with Crippen molar-refractivity contribution in [2.45, 2.75) is 23.8 Å². The molecule has 0 aromatic heterocycles. The third-order valence-electron chi connectivity index (χ3n) is 2.98. The summed E-state index contributed by atoms with van der Waals surface area (Å²) in [5.74, 6) is 0.962. The zero-order valence-electron chi connectivity index (χ0n) is 11.2. The van der Waals surface area contributed by atoms with Gasteiger partial charge in [0.1, 0.15) is 0 Å². The molecule has 1 heterocycles. The molecular formula is C14H19ClN2OS2. The molecule has 0 unspecified atom stereocenters. The maximum Gasteiger partial charge on any atom is 0.166 e. The molecule has 2 rings (SSSR count). The van der Waals surface area contributed by atoms with E-state index < -0.39 is 0 Å². The number of rotatable bonds is 6. The van der Waals surface area contributed by atoms with Gasteiger partial charge in [0.05, 0.1) is 6.10 Å². The van der Waals surface area contributed by atoms with Crippen molar-refractivity contribution < 1.29 is 4.74 Å². The molecule has 0 bridgehead atoms. The van der Waals surface area contributed by atoms with Crippen LogP contribution < -0.4 is 10.6 Å². The van der Waals surface area contributed by atoms with Crippen molar-refractivity contribution in [1.82, 2.24) is 10.6 Å². The number of halogens is 1. The van der Waals surface area contributed by atoms with Gasteiger partial charge in [0.25, 0.3) is 0 Å². The van der Waals surface area contributed by atoms with Crippen LogP contribution in [0.1, 0.15) is 12.8 Å². The van der Waals surface area contributed by atoms with Gasteiger partial charge in [-0.25, -0.2) is 0 Å². The van der Waals surface area contributed by atoms with Crippen LogP contribution in [0.15, 0.2) is 29.2 Å². The fourth-order valence-corrected chi connectivity index (χ4v) is 3.02. The van der Waals surface area contributed by atoms with Gasteiger partial charge in [-0.1, -0.05) is 11.6 Å². The zero-order chi connectivity index (χ0) is 14.2. The summed E-state index contributed by atoms with van der Waals surface area (Å²) in [6.45, 7) is 2.52. The lowest BCUT2D eigenvalue weighted by atomic mass is 10.2. The van der Waals surface area contributed by atoms with Crippen LogP contribution in [0, 0.1) is 0 Å². The number of nitrogens with one attached hydrogen (secondary N) is 2. The Morgan fingerprint density at radius 1 is 1.35 bits per heavy atom. The lowest BCUT2D eigenvalue weighted by Gasteiger charge is -2.13. The highest BCUT2D eigenvalue weighted by Crippen LogP contribution is 2.19. The monoisotopic (exact) mass is 330 g/mol. The summed E-state index contributed by atoms with van der Waals surface area (Å²) >= 11 is 12.9. The maximum atomic E-state index is 5.85. The first-order valence-corrected chi connectivity index (χ1v) is 8.53. The Bertz CT molecular complexity index is 422. The first-order valence-electron chi connectivity index (χ1n) is 6.76. The Morgan fingerprint density at radius 3 is 2.85 bits per heavy atom. The summed E-state index contributed by atoms with van der Waals surface area (Å²) in [7, 11) is 0. The summed E-state index contributed by atoms with van der Waals surface area (Å²) in [4.78, 5) is 1.22. The van der Waals surface area contributed by atoms with Crippen molar-refractivity contribution in [1.29, 1.82) is 0 Å². The van der Waals surface area contributed by atoms with E-state index in [1.165, 1.54) is 4.90 Å². The molecular weight excluding hydrogens is 312 g/mol. The number of ether oxygens (including phenoxy) is 1. The first-order chi connectivity index (χ1) is 9.74. The van der Waals surface area contributed by atoms with Gasteiger partial charge in [0.2, 0.25) is 0 Å². The molecule has 1 aliphatic heterocycles. The van der Waals surface area contributed by atoms with Crippen LogP contribution in [0.4, 0.5) is 0 Å². The summed E-state index contributed by atoms with van der Waals surface area (Å²) in [6, 6.07) is 7.87. The van der Waals surface area contributed by atoms with Gasteiger partial charge in [-0.2, -0.15) is 0 Å². The fraction of sp³-hybridized carbons (Fsp3) is 0.500. The van der Waals surface area contributed by atoms with Crippen molar-refractivity contribution in [3.8, 4) is 0 Å². The van der Waals surface area contributed by atoms with Crippen LogP contribution in [-0.2, 0) is 4.74 Å². The van der Waals surface area contributed by atoms with Gasteiger partial charge < -0.3 is 15.4 Å². The van der Waals surface area contributed by atoms with Crippen LogP contribution >= 0.6 is 35.6 Å². The molecule has 0 amide bonds. The summed E-state index contributed by atoms with van der Waals surface area (Å²) < 4.78 is 5.53. The standard InChI is InChI=1S/C14H19ClN2OS2/c15-11-3-5-13(6-4-11)20-9-7-16-14(19)17-10-12-2-1-8-18-12/h3-6,12H,1-2,7-10H2,(H2,16,17,19)/t12-/m1/s1. The molecule has 3 nitrogen and oxygen atoms in total. The highest BCUT2D eigenvalue weighted by molar-refractivity contribution is 7.99. The highest BCUT2D eigenvalue weighted by atomic mass is 35.5. The highest BCUT2D eigenvalue weighted by Gasteiger charge is 2.14. The topological polar surface area (TPSA) is 33.3 Å². The molecule has 0 aliphatic carbocycles. The molecule has 0 saturated carbocycles. The van der Waals surface area contributed by atoms with Crippen molar-refractivity contribution in [2.24, 2.45) is 0 Å². The van der Waals surface area contributed by atoms with Gasteiger partial charge in [0.15, 0.2) is 5.11 Å². The third kappa shape index (κ3) is 5.87. The van der Waals surface area contributed by atoms with Gasteiger partial charge in [-0.3, -0.25) is 0 Å². The molecule has 6 heteroatoms. The van der Waals surface area contributed by atoms with Crippen molar-refractivity contribution in [3.63, 3.8) is 0 Å². The van der Waals surface area contributed by atoms with Crippen LogP contribution in [0.25, 0.3) is 0 Å². The molecule has 2 N–H and O–H groups in total. The second-order valence-corrected chi connectivity index (χ2v) is 6.59. The largest absolute Gasteiger partial charge is 0.376 e. The molecule has 1 aromatic rings. The molecule has 0 spiro atoms. The fourth-order valence-electron chi connectivity index (χ4n) is 1.94. The second-order valence-electron chi connectivity index (χ2n) is 4.57. The molecule has 1 aliphatic rings. The Morgan fingerprint density at radius 2 is 2.15 bits per heavy atom. The van der Waals surface area contributed by atoms with E-state index in [0.717, 1.165) is 43.3 Å². The molecule has 1 fully saturated rings. The molecule has 110 valence electrons. The summed E-state index contributed by atoms with van der Waals surface area (Å²) in [5.41, 5.74) is 0. The van der Waals surface area contributed by atoms with Crippen molar-refractivity contribution in [3.05, 3.63) is 29.3 Å². The van der Waals surface area contributed by atoms with E-state index in [4.69, 9.17) is 28.6 Å². The Hall–Kier alpha value is -0.490. The van der Waals surface area contributed by atoms with Crippen LogP contribution in [-0.4, -0.2) is 36.7 Å². The van der Waals surface area contributed by atoms with E-state index in [-0.39, 0.29) is 0 Å². The van der Waals surface area contributed by atoms with E-state index >= 15 is 0 Å². The lowest BCUT2D eigenvalue weighted by molar-refractivity contribution is 0.114. The Balaban J connectivity index is 1.53. The van der Waals surface area contributed by atoms with E-state index in [1.54, 1.807) is 11.8 Å². The van der Waals surface area contributed by atoms with E-state index in [9.17, 15) is 0 Å². The van der Waals surface area contributed by atoms with Crippen molar-refractivity contribution >= 4 is 40.7 Å². The number of benzene rings is 1. The normalized spacial score (nSPS) is 17.9. The van der Waals surface area contributed by atoms with Gasteiger partial charge in [-0.05, 0) is 49.3 Å². The molecule has 1 saturated heterocycles. The maximum absolute atomic E-state index is 5.85. The number of thiocarbonyl (C=S) groups is 1. The number of hydrogen-bond donors (Lipinski definition) is 2. The Kier molecular flexibility index (Phi) is 6.93. The first kappa shape index (κ1) is 15.9. The molecule has 1 aromatic carbocycles. The number of hydrogen-bond acceptors (Lipinski definition) is 3. The minimum Gasteiger partial charge on any atom is -0.376 e. The quantitative estimate of drug-likeness (QED) is 0.476. The second kappa shape index (κ2) is 8.72. The smallest absolute Gasteiger partial charge is 0.166 e. The Labute approximate surface area is 134 Å². The van der Waals surface area contributed by atoms with E-state index in [0.29, 0.717) is 11.2 Å². The SMILES string of the molecule is S=C(NCCSc1ccc(Cl)cc1)NC[C@H]1CCCO1. The van der Waals surface area contributed by atoms with E-state index in [1.807, 2.05) is 24.3 Å². The van der Waals surface area contributed by atoms with Crippen molar-refractivity contribution in [2.75, 3.05) is 25.4 Å². The predicted octanol–water partition coefficient (Wildman–Crippen LogP) is 3.08. The van der Waals surface area contributed by atoms with Crippen LogP contribution in [0.3, 0.4) is 0 Å². The minimum absolute atomic E-state index is 0.318. The molecule has 0 radical (unpaired) electrons. The zero-order valence-corrected chi connectivity index (χ0v) is 13.6. The molecule has 1 atom stereocenters. The van der Waals surface area contributed by atoms with E-state index in [2.05, 4.69) is 10.6 Å². The van der Waals surface area contributed by atoms with Crippen LogP contribution in [0.2, 0.25) is 5.02 Å². The van der Waals surface area contributed by atoms with Crippen LogP contribution in [0.5, 0.6) is 0 Å². The van der Waals surface area contributed by atoms with Gasteiger partial charge in [-0.15, -0.1) is 11.8 Å². The van der Waals surface area contributed by atoms with Gasteiger partial charge in [0, 0.05) is 35.4 Å². The predicted molar refractivity (Wildman–Crippen MR) is 89.8 cm³/mol. The van der Waals surface area contributed by atoms with Gasteiger partial charge >= 0.3 is 0 Å².